The molecule has 0 radical (unpaired) electrons. The SMILES string of the molecule is CCc1cc2c(NC3(CO)CC3)nc(Cl)nc2s1. The van der Waals surface area contributed by atoms with E-state index in [1.54, 1.807) is 11.3 Å². The summed E-state index contributed by atoms with van der Waals surface area (Å²) in [4.78, 5) is 10.7. The molecular weight excluding hydrogens is 270 g/mol. The highest BCUT2D eigenvalue weighted by Crippen LogP contribution is 2.40. The second-order valence-electron chi connectivity index (χ2n) is 4.69. The minimum Gasteiger partial charge on any atom is -0.394 e. The Labute approximate surface area is 114 Å². The van der Waals surface area contributed by atoms with Gasteiger partial charge in [-0.1, -0.05) is 6.92 Å². The van der Waals surface area contributed by atoms with Crippen LogP contribution in [-0.2, 0) is 6.42 Å². The summed E-state index contributed by atoms with van der Waals surface area (Å²) >= 11 is 7.59. The fourth-order valence-corrected chi connectivity index (χ4v) is 3.13. The predicted molar refractivity (Wildman–Crippen MR) is 74.5 cm³/mol. The molecule has 4 nitrogen and oxygen atoms in total. The first-order valence-electron chi connectivity index (χ1n) is 6.01. The van der Waals surface area contributed by atoms with Crippen molar-refractivity contribution in [1.29, 1.82) is 0 Å². The van der Waals surface area contributed by atoms with Crippen LogP contribution in [0.3, 0.4) is 0 Å². The molecule has 0 aromatic carbocycles. The second-order valence-corrected chi connectivity index (χ2v) is 6.14. The summed E-state index contributed by atoms with van der Waals surface area (Å²) in [5.74, 6) is 0.743. The van der Waals surface area contributed by atoms with Crippen molar-refractivity contribution in [3.05, 3.63) is 16.2 Å². The van der Waals surface area contributed by atoms with E-state index in [1.165, 1.54) is 4.88 Å². The Kier molecular flexibility index (Phi) is 2.92. The molecule has 1 fully saturated rings. The van der Waals surface area contributed by atoms with E-state index in [4.69, 9.17) is 11.6 Å². The monoisotopic (exact) mass is 283 g/mol. The van der Waals surface area contributed by atoms with Crippen LogP contribution in [0.15, 0.2) is 6.07 Å². The van der Waals surface area contributed by atoms with Crippen molar-refractivity contribution in [3.8, 4) is 0 Å². The van der Waals surface area contributed by atoms with Crippen molar-refractivity contribution in [3.63, 3.8) is 0 Å². The molecule has 96 valence electrons. The molecule has 1 aliphatic carbocycles. The summed E-state index contributed by atoms with van der Waals surface area (Å²) in [5, 5.41) is 13.9. The van der Waals surface area contributed by atoms with Gasteiger partial charge in [-0.15, -0.1) is 11.3 Å². The molecule has 1 aliphatic rings. The topological polar surface area (TPSA) is 58.0 Å². The van der Waals surface area contributed by atoms with Gasteiger partial charge in [-0.05, 0) is 36.9 Å². The molecule has 0 spiro atoms. The van der Waals surface area contributed by atoms with Crippen LogP contribution in [0.4, 0.5) is 5.82 Å². The molecule has 18 heavy (non-hydrogen) atoms. The number of aliphatic hydroxyl groups is 1. The Balaban J connectivity index is 2.06. The van der Waals surface area contributed by atoms with Crippen LogP contribution in [0.2, 0.25) is 5.28 Å². The van der Waals surface area contributed by atoms with Gasteiger partial charge in [-0.3, -0.25) is 0 Å². The number of rotatable bonds is 4. The fourth-order valence-electron chi connectivity index (χ4n) is 1.94. The minimum atomic E-state index is -0.196. The quantitative estimate of drug-likeness (QED) is 0.847. The smallest absolute Gasteiger partial charge is 0.225 e. The Morgan fingerprint density at radius 2 is 2.28 bits per heavy atom. The molecule has 0 amide bonds. The van der Waals surface area contributed by atoms with Gasteiger partial charge < -0.3 is 10.4 Å². The van der Waals surface area contributed by atoms with Gasteiger partial charge in [0.2, 0.25) is 5.28 Å². The van der Waals surface area contributed by atoms with Crippen LogP contribution >= 0.6 is 22.9 Å². The molecule has 0 atom stereocenters. The number of fused-ring (bicyclic) bond motifs is 1. The van der Waals surface area contributed by atoms with Gasteiger partial charge in [0, 0.05) is 4.88 Å². The lowest BCUT2D eigenvalue weighted by molar-refractivity contribution is 0.266. The van der Waals surface area contributed by atoms with Crippen molar-refractivity contribution in [2.45, 2.75) is 31.7 Å². The highest BCUT2D eigenvalue weighted by Gasteiger charge is 2.42. The van der Waals surface area contributed by atoms with E-state index in [2.05, 4.69) is 28.3 Å². The maximum Gasteiger partial charge on any atom is 0.225 e. The Morgan fingerprint density at radius 1 is 1.50 bits per heavy atom. The van der Waals surface area contributed by atoms with Gasteiger partial charge in [0.25, 0.3) is 0 Å². The first-order valence-corrected chi connectivity index (χ1v) is 7.20. The number of aromatic nitrogens is 2. The molecule has 0 aliphatic heterocycles. The number of hydrogen-bond acceptors (Lipinski definition) is 5. The third-order valence-electron chi connectivity index (χ3n) is 3.30. The number of aryl methyl sites for hydroxylation is 1. The van der Waals surface area contributed by atoms with E-state index < -0.39 is 0 Å². The van der Waals surface area contributed by atoms with E-state index in [1.807, 2.05) is 0 Å². The summed E-state index contributed by atoms with van der Waals surface area (Å²) < 4.78 is 0. The number of hydrogen-bond donors (Lipinski definition) is 2. The third kappa shape index (κ3) is 2.06. The third-order valence-corrected chi connectivity index (χ3v) is 4.65. The lowest BCUT2D eigenvalue weighted by Gasteiger charge is -2.15. The molecule has 0 unspecified atom stereocenters. The number of halogens is 1. The van der Waals surface area contributed by atoms with E-state index in [0.717, 1.165) is 35.3 Å². The molecule has 2 aromatic rings. The van der Waals surface area contributed by atoms with Crippen molar-refractivity contribution in [2.24, 2.45) is 0 Å². The molecule has 0 saturated heterocycles. The zero-order valence-corrected chi connectivity index (χ0v) is 11.6. The second kappa shape index (κ2) is 4.33. The lowest BCUT2D eigenvalue weighted by Crippen LogP contribution is -2.26. The lowest BCUT2D eigenvalue weighted by atomic mass is 10.2. The number of aliphatic hydroxyl groups excluding tert-OH is 1. The number of thiophene rings is 1. The average Bonchev–Trinajstić information content (AvgIpc) is 3.00. The molecular formula is C12H14ClN3OS. The summed E-state index contributed by atoms with van der Waals surface area (Å²) in [5.41, 5.74) is -0.196. The Bertz CT molecular complexity index is 594. The van der Waals surface area contributed by atoms with Crippen molar-refractivity contribution < 1.29 is 5.11 Å². The summed E-state index contributed by atoms with van der Waals surface area (Å²) in [6.45, 7) is 2.24. The van der Waals surface area contributed by atoms with Crippen LogP contribution in [0, 0.1) is 0 Å². The largest absolute Gasteiger partial charge is 0.394 e. The Hall–Kier alpha value is -0.910. The van der Waals surface area contributed by atoms with E-state index in [-0.39, 0.29) is 17.4 Å². The van der Waals surface area contributed by atoms with Crippen LogP contribution in [0.5, 0.6) is 0 Å². The normalized spacial score (nSPS) is 17.1. The molecule has 6 heteroatoms. The van der Waals surface area contributed by atoms with Crippen LogP contribution in [0.1, 0.15) is 24.6 Å². The zero-order valence-electron chi connectivity index (χ0n) is 10.0. The first kappa shape index (κ1) is 12.1. The summed E-state index contributed by atoms with van der Waals surface area (Å²) in [6, 6.07) is 2.10. The molecule has 2 N–H and O–H groups in total. The van der Waals surface area contributed by atoms with Gasteiger partial charge in [0.15, 0.2) is 0 Å². The molecule has 3 rings (SSSR count). The molecule has 2 heterocycles. The van der Waals surface area contributed by atoms with Crippen LogP contribution in [-0.4, -0.2) is 27.2 Å². The highest BCUT2D eigenvalue weighted by atomic mass is 35.5. The van der Waals surface area contributed by atoms with Crippen molar-refractivity contribution in [1.82, 2.24) is 9.97 Å². The van der Waals surface area contributed by atoms with Gasteiger partial charge in [0.1, 0.15) is 10.6 Å². The number of nitrogens with zero attached hydrogens (tertiary/aromatic N) is 2. The van der Waals surface area contributed by atoms with Gasteiger partial charge >= 0.3 is 0 Å². The molecule has 2 aromatic heterocycles. The number of nitrogens with one attached hydrogen (secondary N) is 1. The van der Waals surface area contributed by atoms with Crippen molar-refractivity contribution in [2.75, 3.05) is 11.9 Å². The minimum absolute atomic E-state index is 0.126. The van der Waals surface area contributed by atoms with Crippen molar-refractivity contribution >= 4 is 39.0 Å². The standard InChI is InChI=1S/C12H14ClN3OS/c1-2-7-5-8-9(16-12(6-17)3-4-12)14-11(13)15-10(8)18-7/h5,17H,2-4,6H2,1H3,(H,14,15,16). The van der Waals surface area contributed by atoms with Gasteiger partial charge in [0.05, 0.1) is 17.5 Å². The summed E-state index contributed by atoms with van der Waals surface area (Å²) in [7, 11) is 0. The maximum atomic E-state index is 9.37. The van der Waals surface area contributed by atoms with E-state index in [0.29, 0.717) is 0 Å². The zero-order chi connectivity index (χ0) is 12.8. The Morgan fingerprint density at radius 3 is 2.89 bits per heavy atom. The predicted octanol–water partition coefficient (Wildman–Crippen LogP) is 2.84. The first-order chi connectivity index (χ1) is 8.65. The maximum absolute atomic E-state index is 9.37. The van der Waals surface area contributed by atoms with Crippen LogP contribution < -0.4 is 5.32 Å². The van der Waals surface area contributed by atoms with Gasteiger partial charge in [-0.25, -0.2) is 9.97 Å². The number of anilines is 1. The fraction of sp³-hybridized carbons (Fsp3) is 0.500. The van der Waals surface area contributed by atoms with Gasteiger partial charge in [-0.2, -0.15) is 0 Å². The average molecular weight is 284 g/mol. The van der Waals surface area contributed by atoms with E-state index >= 15 is 0 Å². The molecule has 0 bridgehead atoms. The molecule has 1 saturated carbocycles. The summed E-state index contributed by atoms with van der Waals surface area (Å²) in [6.07, 6.45) is 2.91. The highest BCUT2D eigenvalue weighted by molar-refractivity contribution is 7.18. The van der Waals surface area contributed by atoms with Crippen LogP contribution in [0.25, 0.3) is 10.2 Å². The van der Waals surface area contributed by atoms with E-state index in [9.17, 15) is 5.11 Å².